The highest BCUT2D eigenvalue weighted by Crippen LogP contribution is 2.56. The first-order valence-corrected chi connectivity index (χ1v) is 6.55. The van der Waals surface area contributed by atoms with E-state index >= 15 is 0 Å². The van der Waals surface area contributed by atoms with Crippen LogP contribution >= 0.6 is 0 Å². The highest BCUT2D eigenvalue weighted by molar-refractivity contribution is 5.54. The van der Waals surface area contributed by atoms with E-state index in [1.54, 1.807) is 0 Å². The maximum Gasteiger partial charge on any atom is 0.411 e. The molecule has 0 saturated heterocycles. The molecule has 0 aliphatic carbocycles. The Kier molecular flexibility index (Phi) is 4.35. The predicted molar refractivity (Wildman–Crippen MR) is 74.5 cm³/mol. The summed E-state index contributed by atoms with van der Waals surface area (Å²) in [6.07, 6.45) is -12.0. The van der Waals surface area contributed by atoms with Crippen molar-refractivity contribution in [2.45, 2.75) is 17.8 Å². The summed E-state index contributed by atoms with van der Waals surface area (Å²) in [7, 11) is 0. The van der Waals surface area contributed by atoms with Crippen molar-refractivity contribution in [3.05, 3.63) is 59.2 Å². The van der Waals surface area contributed by atoms with Gasteiger partial charge in [-0.05, 0) is 47.5 Å². The predicted octanol–water partition coefficient (Wildman–Crippen LogP) is 4.54. The van der Waals surface area contributed by atoms with Gasteiger partial charge in [0.15, 0.2) is 0 Å². The van der Waals surface area contributed by atoms with Crippen LogP contribution < -0.4 is 11.5 Å². The number of hydrogen-bond acceptors (Lipinski definition) is 2. The van der Waals surface area contributed by atoms with Gasteiger partial charge in [0.1, 0.15) is 11.6 Å². The molecule has 25 heavy (non-hydrogen) atoms. The van der Waals surface area contributed by atoms with E-state index in [0.717, 1.165) is 0 Å². The average molecular weight is 370 g/mol. The highest BCUT2D eigenvalue weighted by atomic mass is 19.4. The van der Waals surface area contributed by atoms with Crippen molar-refractivity contribution >= 4 is 11.4 Å². The Morgan fingerprint density at radius 2 is 0.880 bits per heavy atom. The molecule has 2 aromatic carbocycles. The molecule has 0 atom stereocenters. The van der Waals surface area contributed by atoms with Crippen LogP contribution in [-0.4, -0.2) is 12.4 Å². The second-order valence-corrected chi connectivity index (χ2v) is 5.29. The fourth-order valence-corrected chi connectivity index (χ4v) is 2.64. The van der Waals surface area contributed by atoms with Crippen LogP contribution in [0.2, 0.25) is 0 Å². The summed E-state index contributed by atoms with van der Waals surface area (Å²) in [6.45, 7) is 0. The van der Waals surface area contributed by atoms with Crippen molar-refractivity contribution in [1.82, 2.24) is 0 Å². The Bertz CT molecular complexity index is 687. The Morgan fingerprint density at radius 3 is 1.12 bits per heavy atom. The maximum atomic E-state index is 13.7. The average Bonchev–Trinajstić information content (AvgIpc) is 2.32. The maximum absolute atomic E-state index is 13.7. The molecule has 0 aromatic heterocycles. The Labute approximate surface area is 136 Å². The third-order valence-electron chi connectivity index (χ3n) is 3.56. The monoisotopic (exact) mass is 370 g/mol. The molecule has 0 fully saturated rings. The Morgan fingerprint density at radius 1 is 0.560 bits per heavy atom. The minimum atomic E-state index is -5.99. The van der Waals surface area contributed by atoms with Crippen molar-refractivity contribution in [2.75, 3.05) is 11.5 Å². The van der Waals surface area contributed by atoms with Gasteiger partial charge in [-0.3, -0.25) is 0 Å². The van der Waals surface area contributed by atoms with Crippen molar-refractivity contribution in [1.29, 1.82) is 0 Å². The first-order valence-electron chi connectivity index (χ1n) is 6.55. The van der Waals surface area contributed by atoms with Crippen LogP contribution in [0.25, 0.3) is 0 Å². The second-order valence-electron chi connectivity index (χ2n) is 5.29. The van der Waals surface area contributed by atoms with Gasteiger partial charge in [-0.15, -0.1) is 0 Å². The summed E-state index contributed by atoms with van der Waals surface area (Å²) < 4.78 is 109. The minimum absolute atomic E-state index is 0.0540. The lowest BCUT2D eigenvalue weighted by molar-refractivity contribution is -0.288. The van der Waals surface area contributed by atoms with Crippen LogP contribution in [0.5, 0.6) is 0 Å². The summed E-state index contributed by atoms with van der Waals surface area (Å²) in [6, 6.07) is 1.90. The van der Waals surface area contributed by atoms with Crippen LogP contribution in [0.15, 0.2) is 36.4 Å². The number of alkyl halides is 6. The molecule has 0 radical (unpaired) electrons. The van der Waals surface area contributed by atoms with E-state index in [2.05, 4.69) is 0 Å². The first-order chi connectivity index (χ1) is 11.3. The Balaban J connectivity index is 3.02. The van der Waals surface area contributed by atoms with Crippen LogP contribution in [0.3, 0.4) is 0 Å². The lowest BCUT2D eigenvalue weighted by Crippen LogP contribution is -2.55. The molecule has 2 nitrogen and oxygen atoms in total. The molecule has 0 amide bonds. The van der Waals surface area contributed by atoms with Gasteiger partial charge >= 0.3 is 12.4 Å². The molecule has 2 rings (SSSR count). The number of halogens is 8. The molecule has 0 unspecified atom stereocenters. The van der Waals surface area contributed by atoms with Gasteiger partial charge in [0.25, 0.3) is 0 Å². The third kappa shape index (κ3) is 3.08. The summed E-state index contributed by atoms with van der Waals surface area (Å²) in [5, 5.41) is 0. The quantitative estimate of drug-likeness (QED) is 0.602. The number of anilines is 2. The van der Waals surface area contributed by atoms with Crippen molar-refractivity contribution in [3.8, 4) is 0 Å². The fraction of sp³-hybridized carbons (Fsp3) is 0.200. The molecule has 2 aromatic rings. The number of nitrogens with two attached hydrogens (primary N) is 2. The lowest BCUT2D eigenvalue weighted by Gasteiger charge is -2.38. The van der Waals surface area contributed by atoms with Gasteiger partial charge in [-0.2, -0.15) is 26.3 Å². The van der Waals surface area contributed by atoms with E-state index in [9.17, 15) is 35.1 Å². The number of hydrogen-bond donors (Lipinski definition) is 2. The van der Waals surface area contributed by atoms with E-state index in [4.69, 9.17) is 11.5 Å². The number of rotatable bonds is 2. The normalized spacial score (nSPS) is 13.1. The van der Waals surface area contributed by atoms with Gasteiger partial charge < -0.3 is 11.5 Å². The standard InChI is InChI=1S/C15H10F8N2/c16-9-1-7(3-11(24)5-9)13(14(18,19)20,15(21,22)23)8-2-10(17)6-12(25)4-8/h1-6H,24-25H2. The Hall–Kier alpha value is -2.52. The van der Waals surface area contributed by atoms with E-state index in [0.29, 0.717) is 24.3 Å². The first kappa shape index (κ1) is 18.8. The van der Waals surface area contributed by atoms with Crippen LogP contribution in [0.1, 0.15) is 11.1 Å². The van der Waals surface area contributed by atoms with Gasteiger partial charge in [0.05, 0.1) is 0 Å². The molecule has 10 heteroatoms. The minimum Gasteiger partial charge on any atom is -0.399 e. The van der Waals surface area contributed by atoms with Gasteiger partial charge in [-0.1, -0.05) is 0 Å². The molecule has 4 N–H and O–H groups in total. The molecular formula is C15H10F8N2. The lowest BCUT2D eigenvalue weighted by atomic mass is 9.72. The van der Waals surface area contributed by atoms with Crippen LogP contribution in [0.4, 0.5) is 46.5 Å². The highest BCUT2D eigenvalue weighted by Gasteiger charge is 2.72. The van der Waals surface area contributed by atoms with Crippen LogP contribution in [0, 0.1) is 11.6 Å². The fourth-order valence-electron chi connectivity index (χ4n) is 2.64. The van der Waals surface area contributed by atoms with Gasteiger partial charge in [-0.25, -0.2) is 8.78 Å². The van der Waals surface area contributed by atoms with E-state index in [1.165, 1.54) is 0 Å². The van der Waals surface area contributed by atoms with Crippen molar-refractivity contribution in [3.63, 3.8) is 0 Å². The van der Waals surface area contributed by atoms with Gasteiger partial charge in [0.2, 0.25) is 5.41 Å². The number of nitrogen functional groups attached to an aromatic ring is 2. The molecule has 0 bridgehead atoms. The largest absolute Gasteiger partial charge is 0.411 e. The molecule has 0 spiro atoms. The zero-order valence-electron chi connectivity index (χ0n) is 12.1. The van der Waals surface area contributed by atoms with E-state index in [1.807, 2.05) is 0 Å². The third-order valence-corrected chi connectivity index (χ3v) is 3.56. The molecule has 136 valence electrons. The van der Waals surface area contributed by atoms with Crippen molar-refractivity contribution in [2.24, 2.45) is 0 Å². The summed E-state index contributed by atoms with van der Waals surface area (Å²) in [4.78, 5) is 0. The van der Waals surface area contributed by atoms with Crippen LogP contribution in [-0.2, 0) is 5.41 Å². The molecule has 0 aliphatic heterocycles. The van der Waals surface area contributed by atoms with Crippen molar-refractivity contribution < 1.29 is 35.1 Å². The zero-order chi connectivity index (χ0) is 19.2. The SMILES string of the molecule is Nc1cc(F)cc(C(c2cc(N)cc(F)c2)(C(F)(F)F)C(F)(F)F)c1. The molecular weight excluding hydrogens is 360 g/mol. The smallest absolute Gasteiger partial charge is 0.399 e. The van der Waals surface area contributed by atoms with E-state index < -0.39 is 51.9 Å². The van der Waals surface area contributed by atoms with Gasteiger partial charge in [0, 0.05) is 11.4 Å². The second kappa shape index (κ2) is 5.78. The summed E-state index contributed by atoms with van der Waals surface area (Å²) in [5.74, 6) is -2.81. The van der Waals surface area contributed by atoms with E-state index in [-0.39, 0.29) is 12.1 Å². The molecule has 0 heterocycles. The summed E-state index contributed by atoms with van der Waals surface area (Å²) >= 11 is 0. The zero-order valence-corrected chi connectivity index (χ0v) is 12.1. The molecule has 0 aliphatic rings. The number of benzene rings is 2. The molecule has 0 saturated carbocycles. The summed E-state index contributed by atoms with van der Waals surface area (Å²) in [5.41, 5.74) is 1.32. The topological polar surface area (TPSA) is 52.0 Å².